The lowest BCUT2D eigenvalue weighted by Crippen LogP contribution is -2.57. The number of hydrogen-bond donors (Lipinski definition) is 9. The Morgan fingerprint density at radius 2 is 0.844 bits per heavy atom. The molecule has 7 aliphatic heterocycles. The molecule has 0 radical (unpaired) electrons. The van der Waals surface area contributed by atoms with Crippen molar-refractivity contribution in [3.05, 3.63) is 88.7 Å². The van der Waals surface area contributed by atoms with Gasteiger partial charge < -0.3 is 202 Å². The van der Waals surface area contributed by atoms with Crippen LogP contribution in [-0.2, 0) is 182 Å². The number of nitrogens with zero attached hydrogens (tertiary/aromatic N) is 18. The van der Waals surface area contributed by atoms with Gasteiger partial charge in [-0.05, 0) is 19.4 Å². The summed E-state index contributed by atoms with van der Waals surface area (Å²) in [6.45, 7) is -24.6. The Bertz CT molecular complexity index is 6640. The molecule has 6 fully saturated rings. The van der Waals surface area contributed by atoms with Crippen LogP contribution in [-0.4, -0.2) is 342 Å². The summed E-state index contributed by atoms with van der Waals surface area (Å²) in [5.41, 5.74) is 35.6. The number of aromatic nitrogens is 18. The van der Waals surface area contributed by atoms with Gasteiger partial charge in [0.15, 0.2) is 77.3 Å². The van der Waals surface area contributed by atoms with Crippen LogP contribution in [0.5, 0.6) is 0 Å². The first-order valence-electron chi connectivity index (χ1n) is 44.1. The summed E-state index contributed by atoms with van der Waals surface area (Å²) >= 11 is 21.8. The van der Waals surface area contributed by atoms with E-state index in [1.807, 2.05) is 0 Å². The summed E-state index contributed by atoms with van der Waals surface area (Å²) in [5, 5.41) is 13.4. The minimum Gasteiger partial charge on any atom is -0.780 e. The molecule has 64 nitrogen and oxygen atoms in total. The van der Waals surface area contributed by atoms with Crippen molar-refractivity contribution in [3.63, 3.8) is 0 Å². The van der Waals surface area contributed by atoms with Gasteiger partial charge in [0, 0.05) is 66.4 Å². The largest absolute Gasteiger partial charge is 0.780 e. The molecular weight excluding hydrogens is 2160 g/mol. The molecule has 29 atom stereocenters. The maximum Gasteiger partial charge on any atom is 0.351 e. The molecule has 7 aliphatic rings. The highest BCUT2D eigenvalue weighted by Gasteiger charge is 2.57. The molecule has 810 valence electrons. The van der Waals surface area contributed by atoms with E-state index >= 15 is 23.5 Å². The predicted octanol–water partition coefficient (Wildman–Crippen LogP) is -4.17. The zero-order valence-corrected chi connectivity index (χ0v) is 86.8. The van der Waals surface area contributed by atoms with E-state index in [-0.39, 0.29) is 126 Å². The van der Waals surface area contributed by atoms with Gasteiger partial charge in [-0.15, -0.1) is 0 Å². The number of carbonyl (C=O) groups is 1. The van der Waals surface area contributed by atoms with E-state index in [0.717, 1.165) is 40.1 Å². The molecule has 0 bridgehead atoms. The van der Waals surface area contributed by atoms with Crippen LogP contribution in [0, 0.1) is 6.92 Å². The second kappa shape index (κ2) is 47.7. The van der Waals surface area contributed by atoms with Gasteiger partial charge in [-0.25, -0.2) is 59.4 Å². The fourth-order valence-corrected chi connectivity index (χ4v) is 23.9. The number of ether oxygens (including phenoxy) is 14. The van der Waals surface area contributed by atoms with Crippen LogP contribution in [0.1, 0.15) is 56.5 Å². The van der Waals surface area contributed by atoms with Crippen LogP contribution in [0.15, 0.2) is 71.9 Å². The van der Waals surface area contributed by atoms with E-state index in [9.17, 15) is 34.2 Å². The van der Waals surface area contributed by atoms with Gasteiger partial charge in [-0.3, -0.25) is 51.2 Å². The molecule has 15 N–H and O–H groups in total. The third kappa shape index (κ3) is 25.9. The molecule has 147 heavy (non-hydrogen) atoms. The van der Waals surface area contributed by atoms with Crippen LogP contribution in [0.3, 0.4) is 0 Å². The Morgan fingerprint density at radius 3 is 1.32 bits per heavy atom. The second-order valence-corrected chi connectivity index (χ2v) is 46.8. The molecule has 0 aliphatic carbocycles. The number of amides is 2. The molecule has 74 heteroatoms. The third-order valence-electron chi connectivity index (χ3n) is 23.7. The fraction of sp³-hybridized carbons (Fsp3) is 0.630. The number of anilines is 5. The van der Waals surface area contributed by atoms with Crippen LogP contribution >= 0.6 is 42.6 Å². The van der Waals surface area contributed by atoms with E-state index < -0.39 is 260 Å². The number of H-pyrrole nitrogens is 1. The average Bonchev–Trinajstić information content (AvgIpc) is 1.61. The molecular formula is C73H100N26O38P6S4-6. The lowest BCUT2D eigenvalue weighted by atomic mass is 10.1. The number of hydrogen-bond acceptors (Lipinski definition) is 60. The number of aryl methyl sites for hydroxylation is 1. The zero-order chi connectivity index (χ0) is 105. The fourth-order valence-electron chi connectivity index (χ4n) is 16.8. The van der Waals surface area contributed by atoms with Crippen molar-refractivity contribution in [1.29, 1.82) is 0 Å². The minimum absolute atomic E-state index is 0.00235. The zero-order valence-electron chi connectivity index (χ0n) is 78.2. The second-order valence-electron chi connectivity index (χ2n) is 33.1. The highest BCUT2D eigenvalue weighted by molar-refractivity contribution is 8.32. The molecule has 0 saturated carbocycles. The number of carbonyl (C=O) groups excluding carboxylic acids is 1. The third-order valence-corrected chi connectivity index (χ3v) is 31.9. The first-order valence-corrected chi connectivity index (χ1v) is 57.3. The van der Waals surface area contributed by atoms with Crippen molar-refractivity contribution in [3.8, 4) is 0 Å². The van der Waals surface area contributed by atoms with Gasteiger partial charge in [-0.2, -0.15) is 9.97 Å². The number of methoxy groups -OCH3 is 4. The molecule has 0 aromatic carbocycles. The summed E-state index contributed by atoms with van der Waals surface area (Å²) < 4.78 is 207. The van der Waals surface area contributed by atoms with Crippen molar-refractivity contribution >= 4 is 170 Å². The quantitative estimate of drug-likeness (QED) is 0.00992. The lowest BCUT2D eigenvalue weighted by molar-refractivity contribution is -0.241. The SMILES string of the molecule is COCCOC1[C@@H](OP(=O)([O-])OC[C@H]2O[C@@H](n3cnc4c(=O)[nH]c(N)nc43)C(OCCOC)[C@H]2OP(=O)([O-])OC[C@H]2O[C@@H](n3cc(C)c(N)nc3=O)C(OCCOC)[C@H]2OP(=O)([S-])OC[C@H]2O[C@@H](n3cnc4c(N)ncnc43)C[C@H]2OP([O-])(=S)OC[C@H]2O[C@@H](n3cnc4c(N)ncnc43)C[C@H]2OP([O-])(=S)OC)[C@@H](COP([O-])(=S)O[C@@H]2C(OCCOC)[C@H](n3cnc4c(N)ncnc43)O[C@@H]2CO)O[C@H]1N1C=C(C)C(N)NC1=O. The van der Waals surface area contributed by atoms with Gasteiger partial charge in [0.25, 0.3) is 21.2 Å². The Balaban J connectivity index is 0.678. The number of aliphatic hydroxyl groups excluding tert-OH is 1. The molecule has 9 aromatic heterocycles. The van der Waals surface area contributed by atoms with E-state index in [4.69, 9.17) is 203 Å². The number of nitrogens with two attached hydrogens (primary N) is 6. The van der Waals surface area contributed by atoms with Crippen LogP contribution in [0.4, 0.5) is 34.0 Å². The average molecular weight is 2260 g/mol. The van der Waals surface area contributed by atoms with Gasteiger partial charge in [0.2, 0.25) is 5.95 Å². The van der Waals surface area contributed by atoms with Crippen molar-refractivity contribution < 1.29 is 169 Å². The number of fused-ring (bicyclic) bond motifs is 4. The number of aliphatic hydroxyl groups is 1. The predicted molar refractivity (Wildman–Crippen MR) is 502 cm³/mol. The number of rotatable bonds is 51. The van der Waals surface area contributed by atoms with E-state index in [1.165, 1.54) is 93.7 Å². The van der Waals surface area contributed by atoms with Crippen LogP contribution in [0.2, 0.25) is 0 Å². The molecule has 16 rings (SSSR count). The topological polar surface area (TPSA) is 844 Å². The summed E-state index contributed by atoms with van der Waals surface area (Å²) in [4.78, 5) is 168. The van der Waals surface area contributed by atoms with Gasteiger partial charge in [0.05, 0.1) is 130 Å². The Morgan fingerprint density at radius 1 is 0.449 bits per heavy atom. The molecule has 16 heterocycles. The van der Waals surface area contributed by atoms with Crippen molar-refractivity contribution in [1.82, 2.24) is 97.8 Å². The molecule has 11 unspecified atom stereocenters. The Labute approximate surface area is 851 Å². The highest BCUT2D eigenvalue weighted by Crippen LogP contribution is 2.57. The summed E-state index contributed by atoms with van der Waals surface area (Å²) in [7, 11) is -6.04. The van der Waals surface area contributed by atoms with Crippen LogP contribution in [0.25, 0.3) is 44.7 Å². The van der Waals surface area contributed by atoms with E-state index in [1.54, 1.807) is 0 Å². The minimum atomic E-state index is -6.22. The number of nitrogen functional groups attached to an aromatic ring is 5. The molecule has 0 spiro atoms. The first kappa shape index (κ1) is 112. The van der Waals surface area contributed by atoms with Gasteiger partial charge in [0.1, 0.15) is 166 Å². The molecule has 6 saturated heterocycles. The smallest absolute Gasteiger partial charge is 0.351 e. The van der Waals surface area contributed by atoms with Crippen LogP contribution < -0.4 is 75.4 Å². The number of imidazole rings is 4. The van der Waals surface area contributed by atoms with Gasteiger partial charge in [-0.1, -0.05) is 35.4 Å². The Kier molecular flexibility index (Phi) is 36.4. The maximum atomic E-state index is 15.4. The monoisotopic (exact) mass is 2260 g/mol. The number of nitrogens with one attached hydrogen (secondary N) is 2. The summed E-state index contributed by atoms with van der Waals surface area (Å²) in [5.74, 6) is -0.703. The lowest BCUT2D eigenvalue weighted by Gasteiger charge is -2.36. The van der Waals surface area contributed by atoms with Crippen molar-refractivity contribution in [2.75, 3.05) is 157 Å². The standard InChI is InChI=1S/C73H106N26O38P6S4/c1-33-18-94(72(102)90-57(33)74)67-54(118-13-9-113-4)51(42(130-67)25-125-143(111,147)136-49-37(20-100)128-69(53(49)117-12-8-112-3)98-31-88-47-61(78)82-28-85-64(47)98)135-138(104,105)121-23-40-50(55(119-14-10-114-5)70(131-40)99-32-89-48-65(99)92-71(79)93-66(48)101)134-139(106,107)122-24-41-52(56(120-15-11-115-6)68(129-41)95-19-34(2)58(75)91-73(95)103)137-142(110,146)124-22-39-36(17-44(127-39)97-30-87-46-60(77)81-27-84-63(46)97)133-141(109,145)123-21-38-35(132-140(108,144)116-7)16-43(126-38)96-29-86-45-59(76)80-26-83-62(45)96/h18-19,26-32,35-44,49-57,67-70,100H,8-17,20-25,74H2,1-7H3,(H,90,102)(H,104,105)(H,106,107)(H,108,144)(H,109,145)(H,110,146)(H,111,147)(H2,75,91,103)(H2,76,80,83)(H2,77,81,84)(H2,78,82,85)(H3,79,92,93,101)/p-6/t35-,36-,37-,38-,39-,40-,41-,42-,43-,44-,49+,50+,51+,52+,53?,54?,55?,56?,57?,67-,68-,69-,70-,140?,141?,142?,143?/m1/s1. The number of phosphoric acid groups is 2. The van der Waals surface area contributed by atoms with E-state index in [2.05, 4.69) is 70.1 Å². The summed E-state index contributed by atoms with van der Waals surface area (Å²) in [6, 6.07) is -0.920. The van der Waals surface area contributed by atoms with Gasteiger partial charge >= 0.3 is 11.7 Å². The Hall–Kier alpha value is -7.44. The first-order chi connectivity index (χ1) is 70.0. The molecule has 2 amide bonds. The number of aromatic amines is 1. The number of urea groups is 1. The normalized spacial score (nSPS) is 30.1. The highest BCUT2D eigenvalue weighted by atomic mass is 32.7. The molecule has 9 aromatic rings. The van der Waals surface area contributed by atoms with Crippen molar-refractivity contribution in [2.45, 2.75) is 168 Å². The maximum absolute atomic E-state index is 15.4. The van der Waals surface area contributed by atoms with Crippen molar-refractivity contribution in [2.24, 2.45) is 5.73 Å². The van der Waals surface area contributed by atoms with E-state index in [0.29, 0.717) is 5.57 Å². The number of phosphoric ester groups is 2. The summed E-state index contributed by atoms with van der Waals surface area (Å²) in [6.07, 6.45) is -26.8.